The second kappa shape index (κ2) is 6.87. The second-order valence-corrected chi connectivity index (χ2v) is 7.72. The third-order valence-corrected chi connectivity index (χ3v) is 5.82. The molecule has 3 heterocycles. The molecule has 2 fully saturated rings. The van der Waals surface area contributed by atoms with Gasteiger partial charge in [0.1, 0.15) is 5.82 Å². The minimum absolute atomic E-state index is 0.0720. The number of aromatic nitrogens is 4. The van der Waals surface area contributed by atoms with Crippen molar-refractivity contribution in [1.29, 1.82) is 0 Å². The Kier molecular flexibility index (Phi) is 4.56. The molecule has 0 aromatic carbocycles. The van der Waals surface area contributed by atoms with Crippen LogP contribution in [-0.2, 0) is 18.4 Å². The minimum atomic E-state index is 0.0720. The first kappa shape index (κ1) is 17.3. The molecule has 1 aliphatic carbocycles. The van der Waals surface area contributed by atoms with E-state index in [2.05, 4.69) is 36.9 Å². The first-order chi connectivity index (χ1) is 12.6. The Hall–Kier alpha value is -2.15. The van der Waals surface area contributed by atoms with Gasteiger partial charge in [0.2, 0.25) is 5.91 Å². The number of imidazole rings is 1. The van der Waals surface area contributed by atoms with Crippen LogP contribution in [0.3, 0.4) is 0 Å². The van der Waals surface area contributed by atoms with Crippen LogP contribution in [0.25, 0.3) is 0 Å². The van der Waals surface area contributed by atoms with E-state index in [-0.39, 0.29) is 6.04 Å². The lowest BCUT2D eigenvalue weighted by atomic mass is 9.87. The smallest absolute Gasteiger partial charge is 0.223 e. The molecule has 0 bridgehead atoms. The van der Waals surface area contributed by atoms with Crippen LogP contribution < -0.4 is 5.32 Å². The Balaban J connectivity index is 1.51. The monoisotopic (exact) mass is 356 g/mol. The standard InChI is InChI=1S/C19H28N6O/c1-12-16(13(2)23-22-12)11-20-10-14-4-7-17(26)25(15-5-6-15)18(14)19-21-8-9-24(19)3/h8-9,14-15,18,20H,4-7,10-11H2,1-3H3,(H,22,23)/t14-,18+/m1/s1. The minimum Gasteiger partial charge on any atom is -0.336 e. The highest BCUT2D eigenvalue weighted by atomic mass is 16.2. The maximum atomic E-state index is 12.6. The van der Waals surface area contributed by atoms with Crippen LogP contribution in [0.1, 0.15) is 54.5 Å². The molecule has 0 spiro atoms. The van der Waals surface area contributed by atoms with Gasteiger partial charge >= 0.3 is 0 Å². The summed E-state index contributed by atoms with van der Waals surface area (Å²) in [5.41, 5.74) is 3.41. The van der Waals surface area contributed by atoms with Crippen molar-refractivity contribution in [2.75, 3.05) is 6.54 Å². The number of nitrogens with one attached hydrogen (secondary N) is 2. The van der Waals surface area contributed by atoms with Gasteiger partial charge in [-0.05, 0) is 39.0 Å². The summed E-state index contributed by atoms with van der Waals surface area (Å²) in [6.45, 7) is 5.76. The first-order valence-corrected chi connectivity index (χ1v) is 9.55. The maximum absolute atomic E-state index is 12.6. The van der Waals surface area contributed by atoms with Gasteiger partial charge in [0, 0.05) is 56.3 Å². The summed E-state index contributed by atoms with van der Waals surface area (Å²) < 4.78 is 2.07. The molecular formula is C19H28N6O. The topological polar surface area (TPSA) is 78.8 Å². The summed E-state index contributed by atoms with van der Waals surface area (Å²) in [5.74, 6) is 1.67. The van der Waals surface area contributed by atoms with Crippen molar-refractivity contribution >= 4 is 5.91 Å². The van der Waals surface area contributed by atoms with E-state index in [1.807, 2.05) is 26.4 Å². The van der Waals surface area contributed by atoms with Crippen molar-refractivity contribution in [3.63, 3.8) is 0 Å². The molecule has 2 aromatic rings. The lowest BCUT2D eigenvalue weighted by Crippen LogP contribution is -2.47. The fraction of sp³-hybridized carbons (Fsp3) is 0.632. The molecule has 4 rings (SSSR count). The van der Waals surface area contributed by atoms with Gasteiger partial charge in [-0.1, -0.05) is 0 Å². The normalized spacial score (nSPS) is 23.7. The quantitative estimate of drug-likeness (QED) is 0.830. The molecule has 0 unspecified atom stereocenters. The van der Waals surface area contributed by atoms with Crippen molar-refractivity contribution in [1.82, 2.24) is 30.0 Å². The molecule has 0 radical (unpaired) electrons. The van der Waals surface area contributed by atoms with E-state index >= 15 is 0 Å². The summed E-state index contributed by atoms with van der Waals surface area (Å²) in [7, 11) is 2.02. The maximum Gasteiger partial charge on any atom is 0.223 e. The SMILES string of the molecule is Cc1n[nH]c(C)c1CNC[C@H]1CCC(=O)N(C2CC2)[C@@H]1c1nccn1C. The van der Waals surface area contributed by atoms with Crippen molar-refractivity contribution in [2.24, 2.45) is 13.0 Å². The molecule has 1 saturated carbocycles. The van der Waals surface area contributed by atoms with Crippen LogP contribution in [0.15, 0.2) is 12.4 Å². The highest BCUT2D eigenvalue weighted by molar-refractivity contribution is 5.78. The Morgan fingerprint density at radius 2 is 2.12 bits per heavy atom. The van der Waals surface area contributed by atoms with Crippen molar-refractivity contribution in [3.8, 4) is 0 Å². The Labute approximate surface area is 154 Å². The Bertz CT molecular complexity index is 770. The Morgan fingerprint density at radius 3 is 2.73 bits per heavy atom. The molecule has 26 heavy (non-hydrogen) atoms. The van der Waals surface area contributed by atoms with E-state index in [0.29, 0.717) is 24.3 Å². The molecular weight excluding hydrogens is 328 g/mol. The number of carbonyl (C=O) groups is 1. The number of rotatable bonds is 6. The number of hydrogen-bond acceptors (Lipinski definition) is 4. The first-order valence-electron chi connectivity index (χ1n) is 9.55. The van der Waals surface area contributed by atoms with E-state index in [9.17, 15) is 4.79 Å². The van der Waals surface area contributed by atoms with Crippen molar-refractivity contribution in [2.45, 2.75) is 58.2 Å². The van der Waals surface area contributed by atoms with Crippen LogP contribution in [0.2, 0.25) is 0 Å². The average molecular weight is 356 g/mol. The van der Waals surface area contributed by atoms with Crippen LogP contribution in [0.5, 0.6) is 0 Å². The number of nitrogens with zero attached hydrogens (tertiary/aromatic N) is 4. The molecule has 7 nitrogen and oxygen atoms in total. The summed E-state index contributed by atoms with van der Waals surface area (Å²) in [5, 5.41) is 10.9. The zero-order chi connectivity index (χ0) is 18.3. The number of hydrogen-bond donors (Lipinski definition) is 2. The van der Waals surface area contributed by atoms with Gasteiger partial charge in [0.05, 0.1) is 11.7 Å². The highest BCUT2D eigenvalue weighted by Gasteiger charge is 2.45. The predicted molar refractivity (Wildman–Crippen MR) is 98.3 cm³/mol. The molecule has 1 amide bonds. The number of amides is 1. The fourth-order valence-electron chi connectivity index (χ4n) is 4.19. The fourth-order valence-corrected chi connectivity index (χ4v) is 4.19. The molecule has 2 atom stereocenters. The zero-order valence-electron chi connectivity index (χ0n) is 15.8. The molecule has 2 N–H and O–H groups in total. The van der Waals surface area contributed by atoms with Crippen LogP contribution in [0.4, 0.5) is 0 Å². The van der Waals surface area contributed by atoms with Crippen LogP contribution >= 0.6 is 0 Å². The molecule has 1 saturated heterocycles. The summed E-state index contributed by atoms with van der Waals surface area (Å²) in [4.78, 5) is 19.4. The van der Waals surface area contributed by atoms with Gasteiger partial charge in [0.15, 0.2) is 0 Å². The van der Waals surface area contributed by atoms with Gasteiger partial charge in [-0.3, -0.25) is 9.89 Å². The van der Waals surface area contributed by atoms with Crippen LogP contribution in [-0.4, -0.2) is 43.1 Å². The number of likely N-dealkylation sites (tertiary alicyclic amines) is 1. The summed E-state index contributed by atoms with van der Waals surface area (Å²) in [6, 6.07) is 0.480. The summed E-state index contributed by atoms with van der Waals surface area (Å²) >= 11 is 0. The van der Waals surface area contributed by atoms with Gasteiger partial charge in [-0.25, -0.2) is 4.98 Å². The third kappa shape index (κ3) is 3.16. The van der Waals surface area contributed by atoms with Gasteiger partial charge in [-0.15, -0.1) is 0 Å². The number of aromatic amines is 1. The largest absolute Gasteiger partial charge is 0.336 e. The van der Waals surface area contributed by atoms with Crippen molar-refractivity contribution in [3.05, 3.63) is 35.2 Å². The molecule has 140 valence electrons. The number of H-pyrrole nitrogens is 1. The highest BCUT2D eigenvalue weighted by Crippen LogP contribution is 2.42. The van der Waals surface area contributed by atoms with Crippen molar-refractivity contribution < 1.29 is 4.79 Å². The van der Waals surface area contributed by atoms with E-state index in [1.165, 1.54) is 5.56 Å². The van der Waals surface area contributed by atoms with Gasteiger partial charge in [0.25, 0.3) is 0 Å². The number of piperidine rings is 1. The number of carbonyl (C=O) groups excluding carboxylic acids is 1. The van der Waals surface area contributed by atoms with E-state index in [1.54, 1.807) is 0 Å². The molecule has 7 heteroatoms. The molecule has 2 aliphatic rings. The predicted octanol–water partition coefficient (Wildman–Crippen LogP) is 1.99. The van der Waals surface area contributed by atoms with E-state index in [4.69, 9.17) is 0 Å². The number of aryl methyl sites for hydroxylation is 3. The lowest BCUT2D eigenvalue weighted by molar-refractivity contribution is -0.140. The van der Waals surface area contributed by atoms with Gasteiger partial charge < -0.3 is 14.8 Å². The zero-order valence-corrected chi connectivity index (χ0v) is 15.8. The van der Waals surface area contributed by atoms with E-state index in [0.717, 1.165) is 49.6 Å². The molecule has 1 aliphatic heterocycles. The van der Waals surface area contributed by atoms with Gasteiger partial charge in [-0.2, -0.15) is 5.10 Å². The van der Waals surface area contributed by atoms with Crippen LogP contribution in [0, 0.1) is 19.8 Å². The third-order valence-electron chi connectivity index (χ3n) is 5.82. The van der Waals surface area contributed by atoms with E-state index < -0.39 is 0 Å². The second-order valence-electron chi connectivity index (χ2n) is 7.72. The average Bonchev–Trinajstić information content (AvgIpc) is 3.29. The molecule has 2 aromatic heterocycles. The summed E-state index contributed by atoms with van der Waals surface area (Å²) in [6.07, 6.45) is 7.62. The lowest BCUT2D eigenvalue weighted by Gasteiger charge is -2.41. The Morgan fingerprint density at radius 1 is 1.31 bits per heavy atom.